The highest BCUT2D eigenvalue weighted by Crippen LogP contribution is 2.17. The van der Waals surface area contributed by atoms with Crippen LogP contribution in [-0.2, 0) is 0 Å². The molecule has 0 spiro atoms. The van der Waals surface area contributed by atoms with Gasteiger partial charge in [-0.1, -0.05) is 13.8 Å². The fourth-order valence-electron chi connectivity index (χ4n) is 0.656. The van der Waals surface area contributed by atoms with Crippen LogP contribution in [0, 0.1) is 0 Å². The second-order valence-corrected chi connectivity index (χ2v) is 3.42. The van der Waals surface area contributed by atoms with Crippen molar-refractivity contribution in [3.8, 4) is 0 Å². The van der Waals surface area contributed by atoms with E-state index in [4.69, 9.17) is 5.11 Å². The van der Waals surface area contributed by atoms with Crippen molar-refractivity contribution in [3.05, 3.63) is 16.1 Å². The number of carbonyl (C=O) groups is 1. The summed E-state index contributed by atoms with van der Waals surface area (Å²) in [4.78, 5) is 14.5. The van der Waals surface area contributed by atoms with Gasteiger partial charge >= 0.3 is 5.97 Å². The van der Waals surface area contributed by atoms with Gasteiger partial charge in [0, 0.05) is 5.38 Å². The Labute approximate surface area is 68.7 Å². The van der Waals surface area contributed by atoms with E-state index in [2.05, 4.69) is 4.98 Å². The molecule has 0 radical (unpaired) electrons. The molecular weight excluding hydrogens is 162 g/mol. The lowest BCUT2D eigenvalue weighted by Crippen LogP contribution is -1.96. The topological polar surface area (TPSA) is 52.9 Å². The van der Waals surface area contributed by atoms with E-state index in [1.165, 1.54) is 11.3 Å². The molecule has 1 aromatic rings. The van der Waals surface area contributed by atoms with Gasteiger partial charge in [-0.05, 0) is 5.92 Å². The highest BCUT2D eigenvalue weighted by Gasteiger charge is 2.16. The van der Waals surface area contributed by atoms with Crippen LogP contribution in [0.15, 0.2) is 5.38 Å². The van der Waals surface area contributed by atoms with Gasteiger partial charge in [0.25, 0.3) is 5.01 Å². The van der Waals surface area contributed by atoms with Crippen molar-refractivity contribution in [1.82, 2.24) is 4.98 Å². The van der Waals surface area contributed by atoms with E-state index in [1.54, 1.807) is 0 Å². The number of rotatable bonds is 2. The Hall–Kier alpha value is -0.900. The van der Waals surface area contributed by atoms with Gasteiger partial charge in [0.15, 0.2) is 0 Å². The summed E-state index contributed by atoms with van der Waals surface area (Å²) in [6, 6.07) is 0. The van der Waals surface area contributed by atoms with Crippen molar-refractivity contribution in [2.45, 2.75) is 19.8 Å². The van der Waals surface area contributed by atoms with E-state index in [9.17, 15) is 4.79 Å². The molecule has 0 fully saturated rings. The SMILES string of the molecule is CC(C)c1csc(C(=O)[OH2+])n1. The minimum absolute atomic E-state index is 0.286. The van der Waals surface area contributed by atoms with Gasteiger partial charge in [-0.15, -0.1) is 11.3 Å². The Bertz CT molecular complexity index is 267. The van der Waals surface area contributed by atoms with Crippen LogP contribution in [0.2, 0.25) is 0 Å². The number of carbonyl (C=O) groups excluding carboxylic acids is 1. The van der Waals surface area contributed by atoms with Gasteiger partial charge in [0.05, 0.1) is 10.5 Å². The zero-order valence-electron chi connectivity index (χ0n) is 6.42. The summed E-state index contributed by atoms with van der Waals surface area (Å²) in [6.45, 7) is 4.01. The molecule has 11 heavy (non-hydrogen) atoms. The van der Waals surface area contributed by atoms with Crippen LogP contribution in [0.5, 0.6) is 0 Å². The Morgan fingerprint density at radius 3 is 2.64 bits per heavy atom. The van der Waals surface area contributed by atoms with Crippen molar-refractivity contribution >= 4 is 17.3 Å². The largest absolute Gasteiger partial charge is 0.578 e. The van der Waals surface area contributed by atoms with Gasteiger partial charge in [-0.2, -0.15) is 0 Å². The summed E-state index contributed by atoms with van der Waals surface area (Å²) < 4.78 is 0. The first kappa shape index (κ1) is 8.20. The van der Waals surface area contributed by atoms with Gasteiger partial charge in [-0.3, -0.25) is 0 Å². The summed E-state index contributed by atoms with van der Waals surface area (Å²) in [6.07, 6.45) is 0. The standard InChI is InChI=1S/C7H9NO2S/c1-4(2)5-3-11-6(8-5)7(9)10/h3-4H,1-2H3,(H,9,10)/p+1. The molecule has 0 unspecified atom stereocenters. The van der Waals surface area contributed by atoms with E-state index < -0.39 is 5.97 Å². The Morgan fingerprint density at radius 2 is 2.36 bits per heavy atom. The molecule has 0 saturated carbocycles. The average Bonchev–Trinajstić information content (AvgIpc) is 2.33. The smallest absolute Gasteiger partial charge is 0.559 e. The molecule has 0 saturated heterocycles. The molecule has 0 aromatic carbocycles. The van der Waals surface area contributed by atoms with E-state index in [0.717, 1.165) is 5.69 Å². The van der Waals surface area contributed by atoms with E-state index in [0.29, 0.717) is 5.92 Å². The summed E-state index contributed by atoms with van der Waals surface area (Å²) in [7, 11) is 0. The van der Waals surface area contributed by atoms with Crippen LogP contribution in [0.1, 0.15) is 35.3 Å². The Kier molecular flexibility index (Phi) is 2.24. The van der Waals surface area contributed by atoms with Crippen molar-refractivity contribution < 1.29 is 9.90 Å². The molecule has 0 atom stereocenters. The van der Waals surface area contributed by atoms with E-state index in [1.807, 2.05) is 19.2 Å². The molecule has 3 nitrogen and oxygen atoms in total. The van der Waals surface area contributed by atoms with Gasteiger partial charge in [0.2, 0.25) is 0 Å². The fraction of sp³-hybridized carbons (Fsp3) is 0.429. The number of thiazole rings is 1. The zero-order chi connectivity index (χ0) is 8.43. The highest BCUT2D eigenvalue weighted by molar-refractivity contribution is 7.11. The molecule has 60 valence electrons. The third kappa shape index (κ3) is 1.77. The van der Waals surface area contributed by atoms with Gasteiger partial charge < -0.3 is 5.11 Å². The minimum atomic E-state index is -0.693. The van der Waals surface area contributed by atoms with Crippen LogP contribution < -0.4 is 0 Å². The predicted octanol–water partition coefficient (Wildman–Crippen LogP) is 1.13. The molecule has 1 rings (SSSR count). The van der Waals surface area contributed by atoms with Gasteiger partial charge in [-0.25, -0.2) is 4.98 Å². The maximum absolute atomic E-state index is 10.5. The number of nitrogens with zero attached hydrogens (tertiary/aromatic N) is 1. The Morgan fingerprint density at radius 1 is 1.73 bits per heavy atom. The maximum Gasteiger partial charge on any atom is 0.578 e. The van der Waals surface area contributed by atoms with Gasteiger partial charge in [0.1, 0.15) is 0 Å². The summed E-state index contributed by atoms with van der Waals surface area (Å²) in [5, 5.41) is 8.89. The zero-order valence-corrected chi connectivity index (χ0v) is 7.23. The van der Waals surface area contributed by atoms with Crippen LogP contribution in [0.3, 0.4) is 0 Å². The molecule has 2 N–H and O–H groups in total. The second-order valence-electron chi connectivity index (χ2n) is 2.56. The van der Waals surface area contributed by atoms with E-state index >= 15 is 0 Å². The first-order valence-corrected chi connectivity index (χ1v) is 4.20. The minimum Gasteiger partial charge on any atom is -0.559 e. The predicted molar refractivity (Wildman–Crippen MR) is 44.1 cm³/mol. The molecule has 0 amide bonds. The van der Waals surface area contributed by atoms with Crippen LogP contribution >= 0.6 is 11.3 Å². The van der Waals surface area contributed by atoms with Crippen molar-refractivity contribution in [1.29, 1.82) is 0 Å². The third-order valence-electron chi connectivity index (χ3n) is 1.31. The van der Waals surface area contributed by atoms with Crippen LogP contribution in [0.25, 0.3) is 0 Å². The quantitative estimate of drug-likeness (QED) is 0.628. The molecule has 0 aliphatic rings. The lowest BCUT2D eigenvalue weighted by atomic mass is 10.2. The molecule has 0 bridgehead atoms. The van der Waals surface area contributed by atoms with Crippen LogP contribution in [0.4, 0.5) is 0 Å². The maximum atomic E-state index is 10.5. The second kappa shape index (κ2) is 3.00. The molecule has 0 aliphatic carbocycles. The lowest BCUT2D eigenvalue weighted by Gasteiger charge is -1.94. The van der Waals surface area contributed by atoms with Crippen molar-refractivity contribution in [3.63, 3.8) is 0 Å². The summed E-state index contributed by atoms with van der Waals surface area (Å²) >= 11 is 1.24. The molecule has 1 aromatic heterocycles. The monoisotopic (exact) mass is 172 g/mol. The normalized spacial score (nSPS) is 10.5. The molecule has 4 heteroatoms. The first-order chi connectivity index (χ1) is 5.11. The fourth-order valence-corrected chi connectivity index (χ4v) is 1.48. The summed E-state index contributed by atoms with van der Waals surface area (Å²) in [5.74, 6) is -0.360. The van der Waals surface area contributed by atoms with Crippen molar-refractivity contribution in [2.75, 3.05) is 0 Å². The molecular formula is C7H10NO2S+. The van der Waals surface area contributed by atoms with Crippen LogP contribution in [-0.4, -0.2) is 16.1 Å². The lowest BCUT2D eigenvalue weighted by molar-refractivity contribution is 0.0696. The highest BCUT2D eigenvalue weighted by atomic mass is 32.1. The first-order valence-electron chi connectivity index (χ1n) is 3.32. The van der Waals surface area contributed by atoms with Crippen molar-refractivity contribution in [2.24, 2.45) is 0 Å². The number of hydrogen-bond donors (Lipinski definition) is 0. The van der Waals surface area contributed by atoms with E-state index in [-0.39, 0.29) is 5.01 Å². The third-order valence-corrected chi connectivity index (χ3v) is 2.17. The molecule has 1 heterocycles. The molecule has 0 aliphatic heterocycles. The average molecular weight is 172 g/mol. The number of aromatic nitrogens is 1. The summed E-state index contributed by atoms with van der Waals surface area (Å²) in [5.41, 5.74) is 0.894. The number of hydrogen-bond acceptors (Lipinski definition) is 3. The Balaban J connectivity index is 2.90.